The van der Waals surface area contributed by atoms with Gasteiger partial charge in [-0.05, 0) is 18.1 Å². The molecule has 0 saturated carbocycles. The van der Waals surface area contributed by atoms with Crippen LogP contribution in [0.3, 0.4) is 0 Å². The molecule has 0 spiro atoms. The molecule has 2 heterocycles. The maximum atomic E-state index is 12.8. The summed E-state index contributed by atoms with van der Waals surface area (Å²) < 4.78 is 24.9. The van der Waals surface area contributed by atoms with Gasteiger partial charge in [0.25, 0.3) is 0 Å². The molecule has 6 heteroatoms. The van der Waals surface area contributed by atoms with Crippen molar-refractivity contribution in [3.63, 3.8) is 0 Å². The minimum atomic E-state index is -2.85. The van der Waals surface area contributed by atoms with Crippen molar-refractivity contribution in [3.05, 3.63) is 36.0 Å². The molecule has 0 amide bonds. The van der Waals surface area contributed by atoms with Crippen molar-refractivity contribution in [2.24, 2.45) is 5.41 Å². The van der Waals surface area contributed by atoms with Crippen LogP contribution in [0.2, 0.25) is 0 Å². The number of sulfone groups is 1. The monoisotopic (exact) mass is 362 g/mol. The van der Waals surface area contributed by atoms with E-state index in [0.717, 1.165) is 29.4 Å². The summed E-state index contributed by atoms with van der Waals surface area (Å²) in [5, 5.41) is 1.10. The normalized spacial score (nSPS) is 18.5. The van der Waals surface area contributed by atoms with Crippen LogP contribution in [0.4, 0.5) is 0 Å². The summed E-state index contributed by atoms with van der Waals surface area (Å²) in [7, 11) is -2.85. The second-order valence-corrected chi connectivity index (χ2v) is 10.1. The number of hydrogen-bond donors (Lipinski definition) is 0. The van der Waals surface area contributed by atoms with Crippen LogP contribution in [0.15, 0.2) is 30.5 Å². The fraction of sp³-hybridized carbons (Fsp3) is 0.526. The van der Waals surface area contributed by atoms with Crippen molar-refractivity contribution in [2.75, 3.05) is 31.1 Å². The van der Waals surface area contributed by atoms with Crippen LogP contribution >= 0.6 is 0 Å². The smallest absolute Gasteiger partial charge is 0.236 e. The SMILES string of the molecule is CC(C)(C)C(=O)n1cc(CCN2CCS(=O)(=O)CC2)c2ccccc21. The van der Waals surface area contributed by atoms with Gasteiger partial charge in [0, 0.05) is 36.6 Å². The fourth-order valence-electron chi connectivity index (χ4n) is 3.23. The Bertz CT molecular complexity index is 877. The fourth-order valence-corrected chi connectivity index (χ4v) is 4.51. The van der Waals surface area contributed by atoms with Crippen molar-refractivity contribution >= 4 is 26.6 Å². The number of para-hydroxylation sites is 1. The van der Waals surface area contributed by atoms with Gasteiger partial charge in [-0.1, -0.05) is 39.0 Å². The molecule has 1 aliphatic rings. The van der Waals surface area contributed by atoms with Crippen molar-refractivity contribution in [2.45, 2.75) is 27.2 Å². The van der Waals surface area contributed by atoms with Gasteiger partial charge in [0.1, 0.15) is 0 Å². The Hall–Kier alpha value is -1.66. The summed E-state index contributed by atoms with van der Waals surface area (Å²) in [6.07, 6.45) is 2.77. The molecule has 0 N–H and O–H groups in total. The Morgan fingerprint density at radius 2 is 1.76 bits per heavy atom. The average Bonchev–Trinajstić information content (AvgIpc) is 2.91. The van der Waals surface area contributed by atoms with Crippen LogP contribution in [0, 0.1) is 5.41 Å². The van der Waals surface area contributed by atoms with Crippen LogP contribution in [0.25, 0.3) is 10.9 Å². The van der Waals surface area contributed by atoms with Gasteiger partial charge in [-0.2, -0.15) is 0 Å². The highest BCUT2D eigenvalue weighted by Crippen LogP contribution is 2.26. The van der Waals surface area contributed by atoms with E-state index in [1.807, 2.05) is 45.2 Å². The van der Waals surface area contributed by atoms with E-state index in [-0.39, 0.29) is 17.4 Å². The number of nitrogens with zero attached hydrogens (tertiary/aromatic N) is 2. The summed E-state index contributed by atoms with van der Waals surface area (Å²) >= 11 is 0. The maximum absolute atomic E-state index is 12.8. The molecule has 1 aliphatic heterocycles. The van der Waals surface area contributed by atoms with Crippen LogP contribution in [0.1, 0.15) is 31.1 Å². The number of carbonyl (C=O) groups is 1. The lowest BCUT2D eigenvalue weighted by atomic mass is 9.95. The van der Waals surface area contributed by atoms with E-state index in [1.165, 1.54) is 0 Å². The Morgan fingerprint density at radius 1 is 1.12 bits per heavy atom. The molecule has 25 heavy (non-hydrogen) atoms. The van der Waals surface area contributed by atoms with E-state index in [0.29, 0.717) is 13.1 Å². The number of aromatic nitrogens is 1. The van der Waals surface area contributed by atoms with Crippen LogP contribution in [-0.2, 0) is 16.3 Å². The van der Waals surface area contributed by atoms with E-state index < -0.39 is 15.3 Å². The molecule has 0 aliphatic carbocycles. The highest BCUT2D eigenvalue weighted by Gasteiger charge is 2.26. The van der Waals surface area contributed by atoms with Gasteiger partial charge in [-0.3, -0.25) is 9.36 Å². The molecule has 1 aromatic carbocycles. The first kappa shape index (κ1) is 18.1. The van der Waals surface area contributed by atoms with Crippen molar-refractivity contribution in [1.29, 1.82) is 0 Å². The number of benzene rings is 1. The minimum absolute atomic E-state index is 0.0824. The van der Waals surface area contributed by atoms with Gasteiger partial charge in [0.15, 0.2) is 9.84 Å². The molecular weight excluding hydrogens is 336 g/mol. The predicted octanol–water partition coefficient (Wildman–Crippen LogP) is 2.60. The first-order valence-electron chi connectivity index (χ1n) is 8.74. The molecule has 0 radical (unpaired) electrons. The average molecular weight is 362 g/mol. The first-order valence-corrected chi connectivity index (χ1v) is 10.6. The Labute approximate surface area is 149 Å². The van der Waals surface area contributed by atoms with Gasteiger partial charge < -0.3 is 4.90 Å². The van der Waals surface area contributed by atoms with Gasteiger partial charge in [0.2, 0.25) is 5.91 Å². The van der Waals surface area contributed by atoms with Gasteiger partial charge >= 0.3 is 0 Å². The highest BCUT2D eigenvalue weighted by atomic mass is 32.2. The third-order valence-electron chi connectivity index (χ3n) is 4.79. The Balaban J connectivity index is 1.82. The molecule has 5 nitrogen and oxygen atoms in total. The second-order valence-electron chi connectivity index (χ2n) is 7.84. The molecule has 0 bridgehead atoms. The zero-order chi connectivity index (χ0) is 18.2. The Kier molecular flexibility index (Phi) is 4.77. The first-order chi connectivity index (χ1) is 11.7. The molecule has 1 aromatic heterocycles. The molecule has 136 valence electrons. The maximum Gasteiger partial charge on any atom is 0.236 e. The van der Waals surface area contributed by atoms with Crippen molar-refractivity contribution in [1.82, 2.24) is 9.47 Å². The third-order valence-corrected chi connectivity index (χ3v) is 6.40. The topological polar surface area (TPSA) is 59.4 Å². The van der Waals surface area contributed by atoms with Gasteiger partial charge in [0.05, 0.1) is 17.0 Å². The van der Waals surface area contributed by atoms with E-state index in [4.69, 9.17) is 0 Å². The molecular formula is C19H26N2O3S. The largest absolute Gasteiger partial charge is 0.301 e. The zero-order valence-electron chi connectivity index (χ0n) is 15.2. The molecule has 2 aromatic rings. The minimum Gasteiger partial charge on any atom is -0.301 e. The number of hydrogen-bond acceptors (Lipinski definition) is 4. The molecule has 1 fully saturated rings. The van der Waals surface area contributed by atoms with Crippen LogP contribution in [0.5, 0.6) is 0 Å². The number of rotatable bonds is 3. The van der Waals surface area contributed by atoms with Crippen LogP contribution in [-0.4, -0.2) is 54.9 Å². The standard InChI is InChI=1S/C19H26N2O3S/c1-19(2,3)18(22)21-14-15(16-6-4-5-7-17(16)21)8-9-20-10-12-25(23,24)13-11-20/h4-7,14H,8-13H2,1-3H3. The Morgan fingerprint density at radius 3 is 2.40 bits per heavy atom. The second kappa shape index (κ2) is 6.57. The van der Waals surface area contributed by atoms with E-state index in [1.54, 1.807) is 4.57 Å². The summed E-state index contributed by atoms with van der Waals surface area (Å²) in [5.74, 6) is 0.577. The number of carbonyl (C=O) groups excluding carboxylic acids is 1. The van der Waals surface area contributed by atoms with Crippen molar-refractivity contribution in [3.8, 4) is 0 Å². The molecule has 0 atom stereocenters. The molecule has 3 rings (SSSR count). The van der Waals surface area contributed by atoms with E-state index in [9.17, 15) is 13.2 Å². The highest BCUT2D eigenvalue weighted by molar-refractivity contribution is 7.91. The molecule has 0 unspecified atom stereocenters. The predicted molar refractivity (Wildman–Crippen MR) is 101 cm³/mol. The van der Waals surface area contributed by atoms with Crippen LogP contribution < -0.4 is 0 Å². The summed E-state index contributed by atoms with van der Waals surface area (Å²) in [4.78, 5) is 15.0. The summed E-state index contributed by atoms with van der Waals surface area (Å²) in [6.45, 7) is 7.80. The van der Waals surface area contributed by atoms with Crippen molar-refractivity contribution < 1.29 is 13.2 Å². The summed E-state index contributed by atoms with van der Waals surface area (Å²) in [5.41, 5.74) is 1.64. The lowest BCUT2D eigenvalue weighted by molar-refractivity contribution is 0.0772. The zero-order valence-corrected chi connectivity index (χ0v) is 16.0. The van der Waals surface area contributed by atoms with E-state index >= 15 is 0 Å². The van der Waals surface area contributed by atoms with E-state index in [2.05, 4.69) is 11.0 Å². The van der Waals surface area contributed by atoms with Gasteiger partial charge in [-0.25, -0.2) is 8.42 Å². The summed E-state index contributed by atoms with van der Waals surface area (Å²) in [6, 6.07) is 7.98. The molecule has 1 saturated heterocycles. The van der Waals surface area contributed by atoms with Gasteiger partial charge in [-0.15, -0.1) is 0 Å². The third kappa shape index (κ3) is 3.96. The lowest BCUT2D eigenvalue weighted by Crippen LogP contribution is -2.41. The number of fused-ring (bicyclic) bond motifs is 1. The quantitative estimate of drug-likeness (QED) is 0.842. The lowest BCUT2D eigenvalue weighted by Gasteiger charge is -2.26.